The Morgan fingerprint density at radius 3 is 2.12 bits per heavy atom. The first kappa shape index (κ1) is 33.8. The van der Waals surface area contributed by atoms with E-state index in [0.717, 1.165) is 58.2 Å². The number of rotatable bonds is 11. The second-order valence-electron chi connectivity index (χ2n) is 11.3. The van der Waals surface area contributed by atoms with Gasteiger partial charge in [-0.25, -0.2) is 9.78 Å². The van der Waals surface area contributed by atoms with Gasteiger partial charge < -0.3 is 30.3 Å². The van der Waals surface area contributed by atoms with Gasteiger partial charge in [-0.05, 0) is 70.9 Å². The molecule has 0 saturated carbocycles. The number of halogens is 6. The number of ether oxygens (including phenoxy) is 1. The number of piperazine rings is 1. The lowest BCUT2D eigenvalue weighted by molar-refractivity contribution is -0.142. The maximum atomic E-state index is 13.5. The Labute approximate surface area is 241 Å². The van der Waals surface area contributed by atoms with Gasteiger partial charge in [0.25, 0.3) is 0 Å². The fraction of sp³-hybridized carbons (Fsp3) is 0.643. The van der Waals surface area contributed by atoms with Crippen molar-refractivity contribution in [1.82, 2.24) is 25.4 Å². The summed E-state index contributed by atoms with van der Waals surface area (Å²) in [5.74, 6) is 0. The standard InChI is InChI=1S/C28H39F6N5O3/c1-26(2,3)42-25(41)36-10-6-12-39-15-13-38(14-16-39)11-5-9-35-18-22(40)20-17-23(28(32,33)34)37-24-19(20)7-4-8-21(24)27(29,30)31/h4,7-8,17,22,35,40H,5-6,9-16,18H2,1-3H3,(H,36,41)/t22-/m1/s1. The van der Waals surface area contributed by atoms with Crippen LogP contribution in [0.1, 0.15) is 56.5 Å². The normalized spacial score (nSPS) is 16.5. The summed E-state index contributed by atoms with van der Waals surface area (Å²) >= 11 is 0. The summed E-state index contributed by atoms with van der Waals surface area (Å²) in [4.78, 5) is 19.6. The van der Waals surface area contributed by atoms with Gasteiger partial charge in [-0.15, -0.1) is 0 Å². The van der Waals surface area contributed by atoms with E-state index in [1.807, 2.05) is 20.8 Å². The van der Waals surface area contributed by atoms with Crippen LogP contribution in [-0.2, 0) is 17.1 Å². The number of nitrogens with one attached hydrogen (secondary N) is 2. The Balaban J connectivity index is 1.42. The third kappa shape index (κ3) is 10.2. The third-order valence-corrected chi connectivity index (χ3v) is 6.78. The van der Waals surface area contributed by atoms with Crippen LogP contribution in [0.4, 0.5) is 31.1 Å². The molecule has 0 aliphatic carbocycles. The van der Waals surface area contributed by atoms with E-state index >= 15 is 0 Å². The summed E-state index contributed by atoms with van der Waals surface area (Å²) < 4.78 is 85.9. The zero-order chi connectivity index (χ0) is 31.1. The number of carbonyl (C=O) groups is 1. The highest BCUT2D eigenvalue weighted by atomic mass is 19.4. The lowest BCUT2D eigenvalue weighted by Crippen LogP contribution is -2.47. The summed E-state index contributed by atoms with van der Waals surface area (Å²) in [7, 11) is 0. The molecule has 3 rings (SSSR count). The summed E-state index contributed by atoms with van der Waals surface area (Å²) in [6.07, 6.45) is -10.2. The highest BCUT2D eigenvalue weighted by Crippen LogP contribution is 2.38. The third-order valence-electron chi connectivity index (χ3n) is 6.78. The van der Waals surface area contributed by atoms with E-state index in [1.165, 1.54) is 6.07 Å². The quantitative estimate of drug-likeness (QED) is 0.250. The van der Waals surface area contributed by atoms with E-state index in [9.17, 15) is 36.2 Å². The van der Waals surface area contributed by atoms with Gasteiger partial charge in [0.05, 0.1) is 17.2 Å². The van der Waals surface area contributed by atoms with Crippen molar-refractivity contribution in [1.29, 1.82) is 0 Å². The highest BCUT2D eigenvalue weighted by Gasteiger charge is 2.38. The van der Waals surface area contributed by atoms with Crippen LogP contribution in [-0.4, -0.2) is 90.5 Å². The van der Waals surface area contributed by atoms with Gasteiger partial charge in [-0.3, -0.25) is 0 Å². The number of aliphatic hydroxyl groups is 1. The van der Waals surface area contributed by atoms with Gasteiger partial charge in [-0.1, -0.05) is 12.1 Å². The number of aliphatic hydroxyl groups excluding tert-OH is 1. The molecule has 0 radical (unpaired) electrons. The van der Waals surface area contributed by atoms with Crippen molar-refractivity contribution in [2.24, 2.45) is 0 Å². The molecule has 2 aromatic rings. The number of alkyl carbamates (subject to hydrolysis) is 1. The predicted molar refractivity (Wildman–Crippen MR) is 146 cm³/mol. The first-order valence-electron chi connectivity index (χ1n) is 13.9. The molecule has 1 amide bonds. The van der Waals surface area contributed by atoms with Crippen molar-refractivity contribution in [3.63, 3.8) is 0 Å². The van der Waals surface area contributed by atoms with Crippen LogP contribution in [0, 0.1) is 0 Å². The Morgan fingerprint density at radius 2 is 1.57 bits per heavy atom. The zero-order valence-corrected chi connectivity index (χ0v) is 24.0. The molecule has 0 spiro atoms. The number of amides is 1. The molecule has 1 atom stereocenters. The second kappa shape index (κ2) is 14.2. The molecule has 2 heterocycles. The minimum absolute atomic E-state index is 0.127. The fourth-order valence-corrected chi connectivity index (χ4v) is 4.74. The van der Waals surface area contributed by atoms with E-state index in [4.69, 9.17) is 4.74 Å². The summed E-state index contributed by atoms with van der Waals surface area (Å²) in [5.41, 5.74) is -4.41. The minimum atomic E-state index is -4.98. The average Bonchev–Trinajstić information content (AvgIpc) is 2.88. The van der Waals surface area contributed by atoms with E-state index in [0.29, 0.717) is 25.2 Å². The highest BCUT2D eigenvalue weighted by molar-refractivity contribution is 5.86. The fourth-order valence-electron chi connectivity index (χ4n) is 4.74. The number of alkyl halides is 6. The van der Waals surface area contributed by atoms with Gasteiger partial charge >= 0.3 is 18.4 Å². The van der Waals surface area contributed by atoms with Crippen LogP contribution in [0.5, 0.6) is 0 Å². The largest absolute Gasteiger partial charge is 0.444 e. The summed E-state index contributed by atoms with van der Waals surface area (Å²) in [6.45, 7) is 11.4. The zero-order valence-electron chi connectivity index (χ0n) is 24.0. The van der Waals surface area contributed by atoms with Crippen molar-refractivity contribution in [2.75, 3.05) is 58.9 Å². The number of aromatic nitrogens is 1. The van der Waals surface area contributed by atoms with Crippen LogP contribution in [0.25, 0.3) is 10.9 Å². The molecule has 14 heteroatoms. The molecule has 1 aromatic heterocycles. The number of hydrogen-bond acceptors (Lipinski definition) is 7. The molecule has 1 aliphatic heterocycles. The van der Waals surface area contributed by atoms with Crippen LogP contribution >= 0.6 is 0 Å². The van der Waals surface area contributed by atoms with Crippen molar-refractivity contribution in [3.05, 3.63) is 41.1 Å². The first-order chi connectivity index (χ1) is 19.5. The number of hydrogen-bond donors (Lipinski definition) is 3. The SMILES string of the molecule is CC(C)(C)OC(=O)NCCCN1CCN(CCCNC[C@@H](O)c2cc(C(F)(F)F)nc3c(C(F)(F)F)cccc23)CC1. The van der Waals surface area contributed by atoms with Crippen molar-refractivity contribution >= 4 is 17.0 Å². The van der Waals surface area contributed by atoms with Crippen molar-refractivity contribution in [3.8, 4) is 0 Å². The lowest BCUT2D eigenvalue weighted by Gasteiger charge is -2.34. The van der Waals surface area contributed by atoms with Crippen LogP contribution in [0.3, 0.4) is 0 Å². The van der Waals surface area contributed by atoms with Crippen molar-refractivity contribution in [2.45, 2.75) is 57.7 Å². The summed E-state index contributed by atoms with van der Waals surface area (Å²) in [5, 5.41) is 16.2. The van der Waals surface area contributed by atoms with E-state index in [1.54, 1.807) is 0 Å². The average molecular weight is 608 g/mol. The smallest absolute Gasteiger partial charge is 0.433 e. The lowest BCUT2D eigenvalue weighted by atomic mass is 9.99. The first-order valence-corrected chi connectivity index (χ1v) is 13.9. The molecule has 1 aliphatic rings. The summed E-state index contributed by atoms with van der Waals surface area (Å²) in [6, 6.07) is 3.60. The monoisotopic (exact) mass is 607 g/mol. The Hall–Kier alpha value is -2.68. The maximum Gasteiger partial charge on any atom is 0.433 e. The number of nitrogens with zero attached hydrogens (tertiary/aromatic N) is 3. The van der Waals surface area contributed by atoms with E-state index in [2.05, 4.69) is 25.4 Å². The van der Waals surface area contributed by atoms with Crippen LogP contribution in [0.2, 0.25) is 0 Å². The molecule has 0 bridgehead atoms. The van der Waals surface area contributed by atoms with Crippen LogP contribution in [0.15, 0.2) is 24.3 Å². The Bertz CT molecular complexity index is 1180. The van der Waals surface area contributed by atoms with Gasteiger partial charge in [0.15, 0.2) is 0 Å². The van der Waals surface area contributed by atoms with Gasteiger partial charge in [0.2, 0.25) is 0 Å². The topological polar surface area (TPSA) is 90.0 Å². The molecule has 0 unspecified atom stereocenters. The molecule has 1 saturated heterocycles. The molecule has 8 nitrogen and oxygen atoms in total. The van der Waals surface area contributed by atoms with E-state index in [-0.39, 0.29) is 17.5 Å². The molecule has 236 valence electrons. The van der Waals surface area contributed by atoms with E-state index < -0.39 is 46.9 Å². The number of carbonyl (C=O) groups excluding carboxylic acids is 1. The molecule has 1 fully saturated rings. The van der Waals surface area contributed by atoms with Crippen LogP contribution < -0.4 is 10.6 Å². The van der Waals surface area contributed by atoms with Crippen molar-refractivity contribution < 1.29 is 41.0 Å². The number of pyridine rings is 1. The Morgan fingerprint density at radius 1 is 0.976 bits per heavy atom. The second-order valence-corrected chi connectivity index (χ2v) is 11.3. The van der Waals surface area contributed by atoms with Gasteiger partial charge in [0, 0.05) is 44.7 Å². The Kier molecular flexibility index (Phi) is 11.4. The minimum Gasteiger partial charge on any atom is -0.444 e. The maximum absolute atomic E-state index is 13.5. The molecular weight excluding hydrogens is 568 g/mol. The molecular formula is C28H39F6N5O3. The van der Waals surface area contributed by atoms with Gasteiger partial charge in [0.1, 0.15) is 11.3 Å². The molecule has 1 aromatic carbocycles. The molecule has 42 heavy (non-hydrogen) atoms. The number of benzene rings is 1. The number of para-hydroxylation sites is 1. The predicted octanol–water partition coefficient (Wildman–Crippen LogP) is 4.82. The van der Waals surface area contributed by atoms with Gasteiger partial charge in [-0.2, -0.15) is 26.3 Å². The molecule has 3 N–H and O–H groups in total. The number of fused-ring (bicyclic) bond motifs is 1.